The van der Waals surface area contributed by atoms with Crippen LogP contribution in [0.4, 0.5) is 8.78 Å². The normalized spacial score (nSPS) is 12.6. The molecular formula is C36H53F2N5O4. The van der Waals surface area contributed by atoms with Crippen molar-refractivity contribution in [2.45, 2.75) is 86.2 Å². The van der Waals surface area contributed by atoms with E-state index >= 15 is 0 Å². The van der Waals surface area contributed by atoms with E-state index in [1.807, 2.05) is 37.8 Å². The van der Waals surface area contributed by atoms with E-state index in [1.54, 1.807) is 7.05 Å². The summed E-state index contributed by atoms with van der Waals surface area (Å²) in [5.41, 5.74) is 3.55. The minimum Gasteiger partial charge on any atom is -0.512 e. The number of nitrogens with one attached hydrogen (secondary N) is 3. The molecule has 0 saturated carbocycles. The standard InChI is InChI=1S/C21H30F2N4O3.C15H23NO/c1-13(25-5-6-27(4)21(30)20(14(2)24)15(3)29)7-19(26-12-28)10-16-8-17(22)11-18(23)9-16;1-5-7-16(8-6-2)15(17)14-10-12(3)9-13(4)11-14/h8-9,11-13,19,24-25,29H,5-7,10H2,1-4H3,(H,26,28);9-11H,5-8H2,1-4H3/b20-15+,24-14?;/t13-,19-;/m1./s1. The number of nitrogens with zero attached hydrogens (tertiary/aromatic N) is 2. The Bertz CT molecular complexity index is 1330. The summed E-state index contributed by atoms with van der Waals surface area (Å²) in [5.74, 6) is -1.80. The van der Waals surface area contributed by atoms with E-state index in [0.29, 0.717) is 31.5 Å². The zero-order valence-electron chi connectivity index (χ0n) is 29.2. The van der Waals surface area contributed by atoms with Crippen molar-refractivity contribution in [1.29, 1.82) is 5.41 Å². The van der Waals surface area contributed by atoms with E-state index in [9.17, 15) is 28.3 Å². The lowest BCUT2D eigenvalue weighted by Gasteiger charge is -2.24. The molecule has 2 rings (SSSR count). The van der Waals surface area contributed by atoms with Gasteiger partial charge in [-0.15, -0.1) is 0 Å². The Balaban J connectivity index is 0.000000548. The SMILES string of the molecule is CC(=N)/C(C(=O)N(C)CCN[C@H](C)C[C@H](Cc1cc(F)cc(F)c1)NC=O)=C(/C)O.CCCN(CCC)C(=O)c1cc(C)cc(C)c1. The molecule has 4 N–H and O–H groups in total. The van der Waals surface area contributed by atoms with Crippen molar-refractivity contribution >= 4 is 23.9 Å². The Hall–Kier alpha value is -4.12. The van der Waals surface area contributed by atoms with Gasteiger partial charge in [0.15, 0.2) is 0 Å². The number of rotatable bonds is 17. The molecular weight excluding hydrogens is 604 g/mol. The van der Waals surface area contributed by atoms with Crippen molar-refractivity contribution in [1.82, 2.24) is 20.4 Å². The van der Waals surface area contributed by atoms with Gasteiger partial charge in [0.1, 0.15) is 17.4 Å². The lowest BCUT2D eigenvalue weighted by Crippen LogP contribution is -2.41. The fraction of sp³-hybridized carbons (Fsp3) is 0.500. The molecule has 0 heterocycles. The van der Waals surface area contributed by atoms with Crippen molar-refractivity contribution in [2.75, 3.05) is 33.2 Å². The van der Waals surface area contributed by atoms with Crippen molar-refractivity contribution in [3.05, 3.63) is 81.6 Å². The van der Waals surface area contributed by atoms with E-state index in [4.69, 9.17) is 5.41 Å². The molecule has 0 spiro atoms. The Kier molecular flexibility index (Phi) is 18.2. The smallest absolute Gasteiger partial charge is 0.258 e. The molecule has 0 aliphatic heterocycles. The highest BCUT2D eigenvalue weighted by atomic mass is 19.1. The summed E-state index contributed by atoms with van der Waals surface area (Å²) >= 11 is 0. The first kappa shape index (κ1) is 40.9. The molecule has 0 bridgehead atoms. The van der Waals surface area contributed by atoms with Crippen LogP contribution in [0.1, 0.15) is 80.9 Å². The molecule has 0 aliphatic carbocycles. The van der Waals surface area contributed by atoms with Gasteiger partial charge in [0, 0.05) is 62.7 Å². The predicted octanol–water partition coefficient (Wildman–Crippen LogP) is 5.89. The third-order valence-corrected chi connectivity index (χ3v) is 7.33. The van der Waals surface area contributed by atoms with Crippen LogP contribution in [0.15, 0.2) is 47.7 Å². The number of halogens is 2. The first-order chi connectivity index (χ1) is 22.1. The molecule has 2 aromatic carbocycles. The summed E-state index contributed by atoms with van der Waals surface area (Å²) in [5, 5.41) is 23.1. The number of benzene rings is 2. The number of hydrogen-bond donors (Lipinski definition) is 4. The summed E-state index contributed by atoms with van der Waals surface area (Å²) in [6.07, 6.45) is 3.37. The van der Waals surface area contributed by atoms with Gasteiger partial charge < -0.3 is 30.9 Å². The number of amides is 3. The van der Waals surface area contributed by atoms with E-state index in [1.165, 1.54) is 30.9 Å². The third kappa shape index (κ3) is 14.9. The molecule has 0 unspecified atom stereocenters. The van der Waals surface area contributed by atoms with E-state index < -0.39 is 17.5 Å². The predicted molar refractivity (Wildman–Crippen MR) is 184 cm³/mol. The molecule has 260 valence electrons. The van der Waals surface area contributed by atoms with Crippen LogP contribution in [0.25, 0.3) is 0 Å². The fourth-order valence-electron chi connectivity index (χ4n) is 5.32. The van der Waals surface area contributed by atoms with Gasteiger partial charge >= 0.3 is 0 Å². The van der Waals surface area contributed by atoms with Gasteiger partial charge in [-0.2, -0.15) is 0 Å². The van der Waals surface area contributed by atoms with Gasteiger partial charge in [-0.05, 0) is 90.1 Å². The summed E-state index contributed by atoms with van der Waals surface area (Å²) in [6.45, 7) is 15.5. The zero-order chi connectivity index (χ0) is 35.7. The van der Waals surface area contributed by atoms with Crippen LogP contribution in [0, 0.1) is 30.9 Å². The van der Waals surface area contributed by atoms with Crippen molar-refractivity contribution in [3.8, 4) is 0 Å². The number of aliphatic hydroxyl groups excluding tert-OH is 1. The van der Waals surface area contributed by atoms with Gasteiger partial charge in [-0.25, -0.2) is 8.78 Å². The van der Waals surface area contributed by atoms with Crippen LogP contribution in [0.5, 0.6) is 0 Å². The van der Waals surface area contributed by atoms with Crippen LogP contribution in [-0.4, -0.2) is 84.2 Å². The third-order valence-electron chi connectivity index (χ3n) is 7.33. The quantitative estimate of drug-likeness (QED) is 0.0731. The Morgan fingerprint density at radius 2 is 1.51 bits per heavy atom. The van der Waals surface area contributed by atoms with Gasteiger partial charge in [0.2, 0.25) is 6.41 Å². The molecule has 0 radical (unpaired) electrons. The molecule has 11 heteroatoms. The highest BCUT2D eigenvalue weighted by molar-refractivity contribution is 6.19. The van der Waals surface area contributed by atoms with E-state index in [-0.39, 0.29) is 41.5 Å². The number of aryl methyl sites for hydroxylation is 2. The van der Waals surface area contributed by atoms with Gasteiger partial charge in [-0.3, -0.25) is 14.4 Å². The van der Waals surface area contributed by atoms with Crippen LogP contribution in [0.2, 0.25) is 0 Å². The maximum Gasteiger partial charge on any atom is 0.258 e. The number of carbonyl (C=O) groups excluding carboxylic acids is 3. The lowest BCUT2D eigenvalue weighted by atomic mass is 10.00. The largest absolute Gasteiger partial charge is 0.512 e. The second-order valence-corrected chi connectivity index (χ2v) is 12.0. The molecule has 2 atom stereocenters. The van der Waals surface area contributed by atoms with Crippen molar-refractivity contribution in [3.63, 3.8) is 0 Å². The Morgan fingerprint density at radius 3 is 1.98 bits per heavy atom. The van der Waals surface area contributed by atoms with Crippen LogP contribution in [-0.2, 0) is 16.0 Å². The molecule has 0 fully saturated rings. The second kappa shape index (κ2) is 20.9. The number of aliphatic hydroxyl groups is 1. The highest BCUT2D eigenvalue weighted by Gasteiger charge is 2.20. The number of allylic oxidation sites excluding steroid dienone is 1. The zero-order valence-corrected chi connectivity index (χ0v) is 29.2. The molecule has 9 nitrogen and oxygen atoms in total. The minimum atomic E-state index is -0.666. The molecule has 2 aromatic rings. The van der Waals surface area contributed by atoms with Crippen molar-refractivity contribution in [2.24, 2.45) is 0 Å². The highest BCUT2D eigenvalue weighted by Crippen LogP contribution is 2.14. The van der Waals surface area contributed by atoms with Crippen molar-refractivity contribution < 1.29 is 28.3 Å². The summed E-state index contributed by atoms with van der Waals surface area (Å²) < 4.78 is 26.8. The average Bonchev–Trinajstić information content (AvgIpc) is 2.95. The monoisotopic (exact) mass is 657 g/mol. The topological polar surface area (TPSA) is 126 Å². The van der Waals surface area contributed by atoms with Gasteiger partial charge in [0.05, 0.1) is 5.57 Å². The second-order valence-electron chi connectivity index (χ2n) is 12.0. The fourth-order valence-corrected chi connectivity index (χ4v) is 5.32. The summed E-state index contributed by atoms with van der Waals surface area (Å²) in [7, 11) is 1.58. The van der Waals surface area contributed by atoms with Gasteiger partial charge in [-0.1, -0.05) is 31.0 Å². The van der Waals surface area contributed by atoms with E-state index in [0.717, 1.165) is 48.7 Å². The molecule has 3 amide bonds. The molecule has 0 saturated heterocycles. The number of carbonyl (C=O) groups is 3. The molecule has 0 aromatic heterocycles. The first-order valence-corrected chi connectivity index (χ1v) is 16.1. The first-order valence-electron chi connectivity index (χ1n) is 16.1. The van der Waals surface area contributed by atoms with E-state index in [2.05, 4.69) is 30.5 Å². The van der Waals surface area contributed by atoms with Crippen LogP contribution >= 0.6 is 0 Å². The van der Waals surface area contributed by atoms with Gasteiger partial charge in [0.25, 0.3) is 11.8 Å². The maximum atomic E-state index is 13.4. The number of hydrogen-bond acceptors (Lipinski definition) is 6. The Labute approximate surface area is 278 Å². The molecule has 47 heavy (non-hydrogen) atoms. The minimum absolute atomic E-state index is 0.00950. The lowest BCUT2D eigenvalue weighted by molar-refractivity contribution is -0.125. The summed E-state index contributed by atoms with van der Waals surface area (Å²) in [6, 6.07) is 8.96. The average molecular weight is 658 g/mol. The van der Waals surface area contributed by atoms with Crippen LogP contribution < -0.4 is 10.6 Å². The Morgan fingerprint density at radius 1 is 0.957 bits per heavy atom. The van der Waals surface area contributed by atoms with Crippen LogP contribution in [0.3, 0.4) is 0 Å². The summed E-state index contributed by atoms with van der Waals surface area (Å²) in [4.78, 5) is 39.0. The number of likely N-dealkylation sites (N-methyl/N-ethyl adjacent to an activating group) is 1. The maximum absolute atomic E-state index is 13.4. The molecule has 0 aliphatic rings.